The Kier molecular flexibility index (Phi) is 9.88. The van der Waals surface area contributed by atoms with Crippen LogP contribution in [0.15, 0.2) is 72.3 Å². The first-order valence-electron chi connectivity index (χ1n) is 14.9. The lowest BCUT2D eigenvalue weighted by Gasteiger charge is -2.38. The van der Waals surface area contributed by atoms with Gasteiger partial charge in [-0.15, -0.1) is 0 Å². The molecular formula is C35H41ClN2O4. The predicted molar refractivity (Wildman–Crippen MR) is 168 cm³/mol. The van der Waals surface area contributed by atoms with Crippen molar-refractivity contribution in [3.63, 3.8) is 0 Å². The molecule has 0 saturated carbocycles. The maximum absolute atomic E-state index is 13.6. The lowest BCUT2D eigenvalue weighted by Crippen LogP contribution is -2.41. The highest BCUT2D eigenvalue weighted by molar-refractivity contribution is 6.30. The third-order valence-corrected chi connectivity index (χ3v) is 8.73. The van der Waals surface area contributed by atoms with Gasteiger partial charge in [-0.25, -0.2) is 4.79 Å². The maximum atomic E-state index is 13.6. The minimum atomic E-state index is -0.365. The molecule has 7 heteroatoms. The zero-order valence-electron chi connectivity index (χ0n) is 24.8. The number of benzene rings is 3. The van der Waals surface area contributed by atoms with E-state index in [-0.39, 0.29) is 18.7 Å². The molecule has 1 N–H and O–H groups in total. The Morgan fingerprint density at radius 3 is 2.43 bits per heavy atom. The normalized spacial score (nSPS) is 19.3. The molecule has 1 saturated heterocycles. The number of aryl methyl sites for hydroxylation is 2. The van der Waals surface area contributed by atoms with Gasteiger partial charge in [0, 0.05) is 31.3 Å². The van der Waals surface area contributed by atoms with Crippen LogP contribution >= 0.6 is 11.6 Å². The second-order valence-electron chi connectivity index (χ2n) is 11.6. The fourth-order valence-corrected chi connectivity index (χ4v) is 6.28. The Morgan fingerprint density at radius 1 is 0.976 bits per heavy atom. The Labute approximate surface area is 254 Å². The molecule has 3 aromatic rings. The maximum Gasteiger partial charge on any atom is 0.416 e. The van der Waals surface area contributed by atoms with Crippen molar-refractivity contribution in [1.29, 1.82) is 0 Å². The first kappa shape index (κ1) is 30.1. The van der Waals surface area contributed by atoms with Gasteiger partial charge in [0.25, 0.3) is 0 Å². The number of aliphatic hydroxyl groups excluding tert-OH is 1. The standard InChI is InChI=1S/C35H41ClN2O4/c1-24-5-11-31(12-6-24)42-35(40)38-19-16-32(33-21-29(36)10-7-25(33)2)26(3)34(38)28-8-13-30(14-9-28)41-20-4-17-37-18-15-27(22-37)23-39/h5-14,21,27,34,39H,4,15-20,22-23H2,1-3H3. The van der Waals surface area contributed by atoms with Crippen LogP contribution in [0.5, 0.6) is 11.5 Å². The average molecular weight is 589 g/mol. The molecule has 0 spiro atoms. The van der Waals surface area contributed by atoms with Gasteiger partial charge in [-0.2, -0.15) is 0 Å². The van der Waals surface area contributed by atoms with E-state index < -0.39 is 0 Å². The zero-order valence-corrected chi connectivity index (χ0v) is 25.6. The zero-order chi connectivity index (χ0) is 29.6. The predicted octanol–water partition coefficient (Wildman–Crippen LogP) is 7.46. The SMILES string of the molecule is CC1=C(c2cc(Cl)ccc2C)CCN(C(=O)Oc2ccc(C)cc2)C1c1ccc(OCCCN2CCC(CO)C2)cc1. The van der Waals surface area contributed by atoms with Crippen molar-refractivity contribution in [3.8, 4) is 11.5 Å². The molecule has 2 heterocycles. The Bertz CT molecular complexity index is 1400. The summed E-state index contributed by atoms with van der Waals surface area (Å²) in [6, 6.07) is 21.3. The summed E-state index contributed by atoms with van der Waals surface area (Å²) < 4.78 is 11.9. The molecule has 1 amide bonds. The first-order chi connectivity index (χ1) is 20.3. The molecule has 1 fully saturated rings. The van der Waals surface area contributed by atoms with Crippen molar-refractivity contribution in [2.24, 2.45) is 5.92 Å². The monoisotopic (exact) mass is 588 g/mol. The number of ether oxygens (including phenoxy) is 2. The summed E-state index contributed by atoms with van der Waals surface area (Å²) in [5.74, 6) is 1.75. The van der Waals surface area contributed by atoms with Crippen molar-refractivity contribution < 1.29 is 19.4 Å². The summed E-state index contributed by atoms with van der Waals surface area (Å²) in [6.45, 7) is 10.6. The average Bonchev–Trinajstić information content (AvgIpc) is 3.46. The van der Waals surface area contributed by atoms with Gasteiger partial charge in [0.2, 0.25) is 0 Å². The minimum absolute atomic E-state index is 0.274. The molecule has 2 unspecified atom stereocenters. The lowest BCUT2D eigenvalue weighted by atomic mass is 9.84. The number of hydrogen-bond donors (Lipinski definition) is 1. The van der Waals surface area contributed by atoms with Gasteiger partial charge in [-0.3, -0.25) is 4.90 Å². The molecule has 6 nitrogen and oxygen atoms in total. The molecule has 2 aliphatic heterocycles. The number of halogens is 1. The van der Waals surface area contributed by atoms with Gasteiger partial charge in [0.1, 0.15) is 11.5 Å². The molecule has 2 aliphatic rings. The third kappa shape index (κ3) is 7.17. The minimum Gasteiger partial charge on any atom is -0.494 e. The summed E-state index contributed by atoms with van der Waals surface area (Å²) in [5, 5.41) is 10.1. The van der Waals surface area contributed by atoms with Crippen molar-refractivity contribution >= 4 is 23.3 Å². The highest BCUT2D eigenvalue weighted by atomic mass is 35.5. The molecule has 3 aromatic carbocycles. The highest BCUT2D eigenvalue weighted by Crippen LogP contribution is 2.41. The molecule has 0 bridgehead atoms. The van der Waals surface area contributed by atoms with Crippen LogP contribution in [-0.4, -0.2) is 60.4 Å². The molecule has 42 heavy (non-hydrogen) atoms. The number of aliphatic hydroxyl groups is 1. The molecular weight excluding hydrogens is 548 g/mol. The van der Waals surface area contributed by atoms with E-state index in [0.29, 0.717) is 36.3 Å². The highest BCUT2D eigenvalue weighted by Gasteiger charge is 2.34. The quantitative estimate of drug-likeness (QED) is 0.263. The second-order valence-corrected chi connectivity index (χ2v) is 12.0. The second kappa shape index (κ2) is 13.8. The molecule has 0 aliphatic carbocycles. The number of carbonyl (C=O) groups is 1. The number of likely N-dealkylation sites (tertiary alicyclic amines) is 1. The van der Waals surface area contributed by atoms with E-state index in [0.717, 1.165) is 66.1 Å². The van der Waals surface area contributed by atoms with Gasteiger partial charge in [0.05, 0.1) is 12.6 Å². The van der Waals surface area contributed by atoms with E-state index in [4.69, 9.17) is 21.1 Å². The number of carbonyl (C=O) groups excluding carboxylic acids is 1. The van der Waals surface area contributed by atoms with Crippen LogP contribution in [0.1, 0.15) is 54.5 Å². The van der Waals surface area contributed by atoms with Crippen molar-refractivity contribution in [3.05, 3.63) is 99.6 Å². The van der Waals surface area contributed by atoms with Gasteiger partial charge in [-0.05, 0) is 117 Å². The Morgan fingerprint density at radius 2 is 1.71 bits per heavy atom. The first-order valence-corrected chi connectivity index (χ1v) is 15.3. The van der Waals surface area contributed by atoms with Crippen molar-refractivity contribution in [2.45, 2.75) is 46.1 Å². The summed E-state index contributed by atoms with van der Waals surface area (Å²) in [4.78, 5) is 17.8. The molecule has 2 atom stereocenters. The van der Waals surface area contributed by atoms with Gasteiger partial charge >= 0.3 is 6.09 Å². The Hall–Kier alpha value is -3.32. The fourth-order valence-electron chi connectivity index (χ4n) is 6.11. The summed E-state index contributed by atoms with van der Waals surface area (Å²) >= 11 is 6.40. The van der Waals surface area contributed by atoms with Crippen LogP contribution in [0.2, 0.25) is 5.02 Å². The largest absolute Gasteiger partial charge is 0.494 e. The number of amides is 1. The molecule has 222 valence electrons. The van der Waals surface area contributed by atoms with Crippen LogP contribution in [0.3, 0.4) is 0 Å². The van der Waals surface area contributed by atoms with Gasteiger partial charge in [-0.1, -0.05) is 47.5 Å². The van der Waals surface area contributed by atoms with Crippen LogP contribution in [-0.2, 0) is 0 Å². The van der Waals surface area contributed by atoms with Crippen LogP contribution in [0.25, 0.3) is 5.57 Å². The molecule has 0 radical (unpaired) electrons. The lowest BCUT2D eigenvalue weighted by molar-refractivity contribution is 0.137. The van der Waals surface area contributed by atoms with E-state index >= 15 is 0 Å². The molecule has 5 rings (SSSR count). The summed E-state index contributed by atoms with van der Waals surface area (Å²) in [6.07, 6.45) is 2.35. The van der Waals surface area contributed by atoms with Crippen LogP contribution in [0, 0.1) is 19.8 Å². The third-order valence-electron chi connectivity index (χ3n) is 8.50. The number of hydrogen-bond acceptors (Lipinski definition) is 5. The number of nitrogens with zero attached hydrogens (tertiary/aromatic N) is 2. The summed E-state index contributed by atoms with van der Waals surface area (Å²) in [7, 11) is 0. The van der Waals surface area contributed by atoms with Crippen molar-refractivity contribution in [1.82, 2.24) is 9.80 Å². The van der Waals surface area contributed by atoms with E-state index in [9.17, 15) is 9.90 Å². The van der Waals surface area contributed by atoms with E-state index in [1.54, 1.807) is 0 Å². The summed E-state index contributed by atoms with van der Waals surface area (Å²) in [5.41, 5.74) is 6.72. The van der Waals surface area contributed by atoms with Crippen LogP contribution < -0.4 is 9.47 Å². The van der Waals surface area contributed by atoms with Crippen molar-refractivity contribution in [2.75, 3.05) is 39.4 Å². The topological polar surface area (TPSA) is 62.2 Å². The van der Waals surface area contributed by atoms with E-state index in [1.165, 1.54) is 5.57 Å². The van der Waals surface area contributed by atoms with Crippen LogP contribution in [0.4, 0.5) is 4.79 Å². The fraction of sp³-hybridized carbons (Fsp3) is 0.400. The van der Waals surface area contributed by atoms with E-state index in [2.05, 4.69) is 30.9 Å². The van der Waals surface area contributed by atoms with Gasteiger partial charge < -0.3 is 19.5 Å². The number of rotatable bonds is 9. The molecule has 0 aromatic heterocycles. The Balaban J connectivity index is 1.34. The van der Waals surface area contributed by atoms with Gasteiger partial charge in [0.15, 0.2) is 0 Å². The smallest absolute Gasteiger partial charge is 0.416 e. The van der Waals surface area contributed by atoms with E-state index in [1.807, 2.05) is 66.4 Å².